The molecule has 0 bridgehead atoms. The molecule has 0 amide bonds. The van der Waals surface area contributed by atoms with Gasteiger partial charge in [-0.1, -0.05) is 32.3 Å². The van der Waals surface area contributed by atoms with Gasteiger partial charge in [0, 0.05) is 5.56 Å². The van der Waals surface area contributed by atoms with Crippen LogP contribution in [0.5, 0.6) is 0 Å². The molecule has 112 valence electrons. The fraction of sp³-hybridized carbons (Fsp3) is 0.647. The molecular weight excluding hydrogens is 256 g/mol. The van der Waals surface area contributed by atoms with Gasteiger partial charge in [-0.05, 0) is 55.7 Å². The van der Waals surface area contributed by atoms with Gasteiger partial charge in [0.15, 0.2) is 0 Å². The second kappa shape index (κ2) is 7.16. The third kappa shape index (κ3) is 3.57. The van der Waals surface area contributed by atoms with Crippen molar-refractivity contribution in [3.05, 3.63) is 35.4 Å². The number of benzene rings is 1. The van der Waals surface area contributed by atoms with Gasteiger partial charge in [-0.3, -0.25) is 0 Å². The highest BCUT2D eigenvalue weighted by atomic mass is 19.1. The summed E-state index contributed by atoms with van der Waals surface area (Å²) >= 11 is 0. The maximum atomic E-state index is 13.8. The smallest absolute Gasteiger partial charge is 0.129 e. The van der Waals surface area contributed by atoms with Crippen molar-refractivity contribution >= 4 is 0 Å². The molecule has 1 aromatic carbocycles. The van der Waals surface area contributed by atoms with E-state index in [4.69, 9.17) is 5.73 Å². The van der Waals surface area contributed by atoms with Gasteiger partial charge in [-0.25, -0.2) is 8.78 Å². The summed E-state index contributed by atoms with van der Waals surface area (Å²) in [4.78, 5) is 0. The Bertz CT molecular complexity index is 413. The number of halogens is 2. The van der Waals surface area contributed by atoms with Gasteiger partial charge in [0.1, 0.15) is 11.6 Å². The standard InChI is InChI=1S/C17H25F2N/c1-2-4-12-7-8-13(11-20)14(9-12)10-15-16(18)5-3-6-17(15)19/h3,5-6,12-14H,2,4,7-11,20H2,1H3. The Morgan fingerprint density at radius 1 is 1.15 bits per heavy atom. The summed E-state index contributed by atoms with van der Waals surface area (Å²) in [5.74, 6) is 0.582. The molecular formula is C17H25F2N. The zero-order valence-corrected chi connectivity index (χ0v) is 12.2. The van der Waals surface area contributed by atoms with Gasteiger partial charge >= 0.3 is 0 Å². The van der Waals surface area contributed by atoms with Crippen LogP contribution in [0, 0.1) is 29.4 Å². The molecule has 0 saturated heterocycles. The summed E-state index contributed by atoms with van der Waals surface area (Å²) in [6, 6.07) is 4.12. The van der Waals surface area contributed by atoms with Crippen molar-refractivity contribution in [3.63, 3.8) is 0 Å². The lowest BCUT2D eigenvalue weighted by atomic mass is 9.70. The van der Waals surface area contributed by atoms with Crippen molar-refractivity contribution in [2.24, 2.45) is 23.5 Å². The first-order chi connectivity index (χ1) is 9.65. The van der Waals surface area contributed by atoms with Crippen LogP contribution in [0.15, 0.2) is 18.2 Å². The van der Waals surface area contributed by atoms with E-state index in [1.54, 1.807) is 0 Å². The van der Waals surface area contributed by atoms with E-state index < -0.39 is 11.6 Å². The molecule has 0 spiro atoms. The Labute approximate surface area is 120 Å². The molecule has 0 heterocycles. The summed E-state index contributed by atoms with van der Waals surface area (Å²) in [5.41, 5.74) is 6.10. The monoisotopic (exact) mass is 281 g/mol. The molecule has 3 atom stereocenters. The Balaban J connectivity index is 2.11. The summed E-state index contributed by atoms with van der Waals surface area (Å²) < 4.78 is 27.6. The van der Waals surface area contributed by atoms with Crippen LogP contribution >= 0.6 is 0 Å². The van der Waals surface area contributed by atoms with E-state index in [1.165, 1.54) is 37.5 Å². The Hall–Kier alpha value is -0.960. The SMILES string of the molecule is CCCC1CCC(CN)C(Cc2c(F)cccc2F)C1. The molecule has 1 aliphatic carbocycles. The number of hydrogen-bond acceptors (Lipinski definition) is 1. The van der Waals surface area contributed by atoms with E-state index in [1.807, 2.05) is 0 Å². The average Bonchev–Trinajstić information content (AvgIpc) is 2.44. The minimum absolute atomic E-state index is 0.244. The number of rotatable bonds is 5. The van der Waals surface area contributed by atoms with Crippen molar-refractivity contribution in [2.45, 2.75) is 45.4 Å². The Morgan fingerprint density at radius 2 is 1.85 bits per heavy atom. The maximum absolute atomic E-state index is 13.8. The number of hydrogen-bond donors (Lipinski definition) is 1. The minimum Gasteiger partial charge on any atom is -0.330 e. The molecule has 0 aliphatic heterocycles. The second-order valence-electron chi connectivity index (χ2n) is 6.13. The first kappa shape index (κ1) is 15.4. The normalized spacial score (nSPS) is 26.7. The third-order valence-corrected chi connectivity index (χ3v) is 4.78. The zero-order chi connectivity index (χ0) is 14.5. The highest BCUT2D eigenvalue weighted by molar-refractivity contribution is 5.20. The van der Waals surface area contributed by atoms with E-state index in [0.717, 1.165) is 12.8 Å². The number of nitrogens with two attached hydrogens (primary N) is 1. The van der Waals surface area contributed by atoms with E-state index in [9.17, 15) is 8.78 Å². The molecule has 1 saturated carbocycles. The first-order valence-corrected chi connectivity index (χ1v) is 7.78. The van der Waals surface area contributed by atoms with Gasteiger partial charge in [0.05, 0.1) is 0 Å². The fourth-order valence-corrected chi connectivity index (χ4v) is 3.64. The van der Waals surface area contributed by atoms with E-state index in [2.05, 4.69) is 6.92 Å². The van der Waals surface area contributed by atoms with Crippen molar-refractivity contribution < 1.29 is 8.78 Å². The van der Waals surface area contributed by atoms with Crippen LogP contribution in [-0.4, -0.2) is 6.54 Å². The quantitative estimate of drug-likeness (QED) is 0.855. The van der Waals surface area contributed by atoms with Crippen LogP contribution in [0.3, 0.4) is 0 Å². The highest BCUT2D eigenvalue weighted by Gasteiger charge is 2.30. The molecule has 2 N–H and O–H groups in total. The molecule has 3 unspecified atom stereocenters. The minimum atomic E-state index is -0.418. The van der Waals surface area contributed by atoms with E-state index in [-0.39, 0.29) is 5.56 Å². The topological polar surface area (TPSA) is 26.0 Å². The molecule has 1 nitrogen and oxygen atoms in total. The zero-order valence-electron chi connectivity index (χ0n) is 12.2. The van der Waals surface area contributed by atoms with Gasteiger partial charge < -0.3 is 5.73 Å². The average molecular weight is 281 g/mol. The molecule has 0 aromatic heterocycles. The van der Waals surface area contributed by atoms with Crippen molar-refractivity contribution in [1.82, 2.24) is 0 Å². The van der Waals surface area contributed by atoms with E-state index >= 15 is 0 Å². The summed E-state index contributed by atoms with van der Waals surface area (Å²) in [6.07, 6.45) is 6.25. The molecule has 3 heteroatoms. The predicted molar refractivity (Wildman–Crippen MR) is 78.3 cm³/mol. The highest BCUT2D eigenvalue weighted by Crippen LogP contribution is 2.38. The van der Waals surface area contributed by atoms with Crippen molar-refractivity contribution in [1.29, 1.82) is 0 Å². The first-order valence-electron chi connectivity index (χ1n) is 7.78. The molecule has 20 heavy (non-hydrogen) atoms. The third-order valence-electron chi connectivity index (χ3n) is 4.78. The van der Waals surface area contributed by atoms with Crippen LogP contribution in [0.4, 0.5) is 8.78 Å². The van der Waals surface area contributed by atoms with Crippen LogP contribution in [0.1, 0.15) is 44.6 Å². The molecule has 0 radical (unpaired) electrons. The van der Waals surface area contributed by atoms with E-state index in [0.29, 0.717) is 30.7 Å². The summed E-state index contributed by atoms with van der Waals surface area (Å²) in [6.45, 7) is 2.82. The summed E-state index contributed by atoms with van der Waals surface area (Å²) in [7, 11) is 0. The van der Waals surface area contributed by atoms with Crippen LogP contribution in [-0.2, 0) is 6.42 Å². The van der Waals surface area contributed by atoms with Gasteiger partial charge in [0.25, 0.3) is 0 Å². The second-order valence-corrected chi connectivity index (χ2v) is 6.13. The van der Waals surface area contributed by atoms with Crippen LogP contribution in [0.2, 0.25) is 0 Å². The van der Waals surface area contributed by atoms with Crippen molar-refractivity contribution in [2.75, 3.05) is 6.54 Å². The molecule has 1 aromatic rings. The van der Waals surface area contributed by atoms with Crippen LogP contribution < -0.4 is 5.73 Å². The maximum Gasteiger partial charge on any atom is 0.129 e. The van der Waals surface area contributed by atoms with Crippen molar-refractivity contribution in [3.8, 4) is 0 Å². The lowest BCUT2D eigenvalue weighted by Gasteiger charge is -2.36. The largest absolute Gasteiger partial charge is 0.330 e. The lowest BCUT2D eigenvalue weighted by Crippen LogP contribution is -2.32. The fourth-order valence-electron chi connectivity index (χ4n) is 3.64. The van der Waals surface area contributed by atoms with Gasteiger partial charge in [-0.15, -0.1) is 0 Å². The lowest BCUT2D eigenvalue weighted by molar-refractivity contribution is 0.173. The molecule has 2 rings (SSSR count). The Kier molecular flexibility index (Phi) is 5.53. The molecule has 1 fully saturated rings. The van der Waals surface area contributed by atoms with Gasteiger partial charge in [-0.2, -0.15) is 0 Å². The predicted octanol–water partition coefficient (Wildman–Crippen LogP) is 4.30. The Morgan fingerprint density at radius 3 is 2.45 bits per heavy atom. The summed E-state index contributed by atoms with van der Waals surface area (Å²) in [5, 5.41) is 0. The van der Waals surface area contributed by atoms with Gasteiger partial charge in [0.2, 0.25) is 0 Å². The molecule has 1 aliphatic rings. The van der Waals surface area contributed by atoms with Crippen LogP contribution in [0.25, 0.3) is 0 Å².